The number of carbonyl (C=O) groups excluding carboxylic acids is 3. The van der Waals surface area contributed by atoms with Crippen LogP contribution in [-0.4, -0.2) is 55.8 Å². The molecule has 0 bridgehead atoms. The molecule has 0 aliphatic carbocycles. The minimum absolute atomic E-state index is 0.135. The number of esters is 1. The van der Waals surface area contributed by atoms with Gasteiger partial charge >= 0.3 is 5.97 Å². The maximum atomic E-state index is 11.7. The van der Waals surface area contributed by atoms with Gasteiger partial charge in [-0.05, 0) is 6.92 Å². The Balaban J connectivity index is 2.85. The van der Waals surface area contributed by atoms with E-state index in [1.54, 1.807) is 6.92 Å². The predicted octanol–water partition coefficient (Wildman–Crippen LogP) is 0.211. The molecule has 1 rings (SSSR count). The number of hydrogen-bond acceptors (Lipinski definition) is 9. The Bertz CT molecular complexity index is 583. The van der Waals surface area contributed by atoms with E-state index in [0.717, 1.165) is 11.3 Å². The van der Waals surface area contributed by atoms with Crippen LogP contribution in [-0.2, 0) is 28.7 Å². The number of rotatable bonds is 8. The lowest BCUT2D eigenvalue weighted by Gasteiger charge is -2.02. The van der Waals surface area contributed by atoms with Crippen molar-refractivity contribution in [2.24, 2.45) is 5.16 Å². The summed E-state index contributed by atoms with van der Waals surface area (Å²) >= 11 is 1.02. The maximum absolute atomic E-state index is 11.7. The highest BCUT2D eigenvalue weighted by Gasteiger charge is 2.21. The van der Waals surface area contributed by atoms with Crippen LogP contribution in [0.3, 0.4) is 0 Å². The first-order valence-corrected chi connectivity index (χ1v) is 6.98. The molecule has 0 saturated carbocycles. The fourth-order valence-electron chi connectivity index (χ4n) is 1.28. The SMILES string of the molecule is CCOC(=O)C(=NOC)c1csc(NC(=O)C(=O)COC)n1. The Morgan fingerprint density at radius 3 is 2.68 bits per heavy atom. The van der Waals surface area contributed by atoms with Crippen molar-refractivity contribution in [3.8, 4) is 0 Å². The smallest absolute Gasteiger partial charge is 0.362 e. The van der Waals surface area contributed by atoms with Gasteiger partial charge in [0, 0.05) is 12.5 Å². The van der Waals surface area contributed by atoms with E-state index in [2.05, 4.69) is 25.0 Å². The van der Waals surface area contributed by atoms with E-state index in [0.29, 0.717) is 0 Å². The molecule has 1 N–H and O–H groups in total. The molecule has 9 nitrogen and oxygen atoms in total. The van der Waals surface area contributed by atoms with Crippen LogP contribution in [0.4, 0.5) is 5.13 Å². The van der Waals surface area contributed by atoms with Crippen molar-refractivity contribution < 1.29 is 28.7 Å². The van der Waals surface area contributed by atoms with Crippen LogP contribution in [0.25, 0.3) is 0 Å². The van der Waals surface area contributed by atoms with Gasteiger partial charge in [0.25, 0.3) is 5.91 Å². The van der Waals surface area contributed by atoms with Crippen molar-refractivity contribution in [1.82, 2.24) is 4.98 Å². The van der Waals surface area contributed by atoms with Gasteiger partial charge in [-0.1, -0.05) is 5.16 Å². The summed E-state index contributed by atoms with van der Waals surface area (Å²) in [6, 6.07) is 0. The number of methoxy groups -OCH3 is 1. The highest BCUT2D eigenvalue weighted by atomic mass is 32.1. The molecule has 0 fully saturated rings. The lowest BCUT2D eigenvalue weighted by Crippen LogP contribution is -2.26. The Labute approximate surface area is 130 Å². The topological polar surface area (TPSA) is 116 Å². The number of Topliss-reactive ketones (excluding diaryl/α,β-unsaturated/α-hetero) is 1. The van der Waals surface area contributed by atoms with E-state index in [1.165, 1.54) is 19.6 Å². The third kappa shape index (κ3) is 4.90. The maximum Gasteiger partial charge on any atom is 0.362 e. The van der Waals surface area contributed by atoms with Crippen LogP contribution < -0.4 is 5.32 Å². The summed E-state index contributed by atoms with van der Waals surface area (Å²) in [5, 5.41) is 7.48. The second-order valence-corrected chi connectivity index (χ2v) is 4.55. The molecule has 1 aromatic rings. The lowest BCUT2D eigenvalue weighted by molar-refractivity contribution is -0.137. The first-order chi connectivity index (χ1) is 10.5. The number of carbonyl (C=O) groups is 3. The summed E-state index contributed by atoms with van der Waals surface area (Å²) in [4.78, 5) is 43.1. The average Bonchev–Trinajstić information content (AvgIpc) is 2.93. The molecular formula is C12H15N3O6S. The number of amides is 1. The summed E-state index contributed by atoms with van der Waals surface area (Å²) < 4.78 is 9.40. The van der Waals surface area contributed by atoms with Crippen molar-refractivity contribution in [1.29, 1.82) is 0 Å². The molecule has 0 spiro atoms. The highest BCUT2D eigenvalue weighted by Crippen LogP contribution is 2.16. The van der Waals surface area contributed by atoms with E-state index in [9.17, 15) is 14.4 Å². The van der Waals surface area contributed by atoms with Crippen molar-refractivity contribution in [2.45, 2.75) is 6.92 Å². The number of nitrogens with zero attached hydrogens (tertiary/aromatic N) is 2. The van der Waals surface area contributed by atoms with E-state index >= 15 is 0 Å². The van der Waals surface area contributed by atoms with Crippen molar-refractivity contribution in [3.05, 3.63) is 11.1 Å². The number of oxime groups is 1. The molecule has 22 heavy (non-hydrogen) atoms. The van der Waals surface area contributed by atoms with Crippen LogP contribution in [0.15, 0.2) is 10.5 Å². The molecule has 0 unspecified atom stereocenters. The summed E-state index contributed by atoms with van der Waals surface area (Å²) in [7, 11) is 2.58. The van der Waals surface area contributed by atoms with Crippen molar-refractivity contribution in [3.63, 3.8) is 0 Å². The van der Waals surface area contributed by atoms with Gasteiger partial charge in [-0.15, -0.1) is 11.3 Å². The fraction of sp³-hybridized carbons (Fsp3) is 0.417. The van der Waals surface area contributed by atoms with Gasteiger partial charge in [-0.3, -0.25) is 14.9 Å². The van der Waals surface area contributed by atoms with Crippen molar-refractivity contribution >= 4 is 39.8 Å². The molecule has 0 radical (unpaired) electrons. The Morgan fingerprint density at radius 2 is 2.09 bits per heavy atom. The Kier molecular flexibility index (Phi) is 7.13. The summed E-state index contributed by atoms with van der Waals surface area (Å²) in [5.41, 5.74) is 0.0316. The molecular weight excluding hydrogens is 314 g/mol. The third-order valence-electron chi connectivity index (χ3n) is 2.15. The highest BCUT2D eigenvalue weighted by molar-refractivity contribution is 7.14. The molecule has 120 valence electrons. The third-order valence-corrected chi connectivity index (χ3v) is 2.91. The standard InChI is InChI=1S/C12H15N3O6S/c1-4-21-11(18)9(15-20-3)7-6-22-12(13-7)14-10(17)8(16)5-19-2/h6H,4-5H2,1-3H3,(H,13,14,17). The van der Waals surface area contributed by atoms with Crippen molar-refractivity contribution in [2.75, 3.05) is 32.8 Å². The normalized spacial score (nSPS) is 11.0. The number of aromatic nitrogens is 1. The molecule has 10 heteroatoms. The van der Waals surface area contributed by atoms with Gasteiger partial charge in [0.2, 0.25) is 11.5 Å². The van der Waals surface area contributed by atoms with E-state index in [4.69, 9.17) is 4.74 Å². The summed E-state index contributed by atoms with van der Waals surface area (Å²) in [6.45, 7) is 1.49. The van der Waals surface area contributed by atoms with Gasteiger partial charge in [-0.25, -0.2) is 9.78 Å². The predicted molar refractivity (Wildman–Crippen MR) is 77.8 cm³/mol. The van der Waals surface area contributed by atoms with Crippen LogP contribution in [0.1, 0.15) is 12.6 Å². The molecule has 0 aromatic carbocycles. The Hall–Kier alpha value is -2.33. The number of hydrogen-bond donors (Lipinski definition) is 1. The summed E-state index contributed by atoms with van der Waals surface area (Å²) in [5.74, 6) is -2.30. The van der Waals surface area contributed by atoms with Gasteiger partial charge < -0.3 is 14.3 Å². The first kappa shape index (κ1) is 17.7. The number of ketones is 1. The van der Waals surface area contributed by atoms with E-state index < -0.39 is 17.7 Å². The zero-order chi connectivity index (χ0) is 16.5. The Morgan fingerprint density at radius 1 is 1.36 bits per heavy atom. The van der Waals surface area contributed by atoms with E-state index in [1.807, 2.05) is 0 Å². The van der Waals surface area contributed by atoms with Gasteiger partial charge in [-0.2, -0.15) is 0 Å². The lowest BCUT2D eigenvalue weighted by atomic mass is 10.3. The minimum atomic E-state index is -0.857. The van der Waals surface area contributed by atoms with Gasteiger partial charge in [0.05, 0.1) is 6.61 Å². The second kappa shape index (κ2) is 8.85. The van der Waals surface area contributed by atoms with Gasteiger partial charge in [0.15, 0.2) is 5.13 Å². The van der Waals surface area contributed by atoms with Crippen LogP contribution in [0.5, 0.6) is 0 Å². The van der Waals surface area contributed by atoms with Gasteiger partial charge in [0.1, 0.15) is 19.4 Å². The molecule has 0 saturated heterocycles. The second-order valence-electron chi connectivity index (χ2n) is 3.69. The number of anilines is 1. The largest absolute Gasteiger partial charge is 0.461 e. The van der Waals surface area contributed by atoms with Crippen LogP contribution in [0, 0.1) is 0 Å². The number of nitrogens with one attached hydrogen (secondary N) is 1. The minimum Gasteiger partial charge on any atom is -0.461 e. The zero-order valence-electron chi connectivity index (χ0n) is 12.2. The van der Waals surface area contributed by atoms with Crippen LogP contribution >= 0.6 is 11.3 Å². The zero-order valence-corrected chi connectivity index (χ0v) is 13.1. The molecule has 1 heterocycles. The fourth-order valence-corrected chi connectivity index (χ4v) is 1.97. The molecule has 0 aliphatic heterocycles. The monoisotopic (exact) mass is 329 g/mol. The number of ether oxygens (including phenoxy) is 2. The van der Waals surface area contributed by atoms with E-state index in [-0.39, 0.29) is 29.8 Å². The molecule has 1 aromatic heterocycles. The summed E-state index contributed by atoms with van der Waals surface area (Å²) in [6.07, 6.45) is 0. The molecule has 1 amide bonds. The average molecular weight is 329 g/mol. The molecule has 0 aliphatic rings. The first-order valence-electron chi connectivity index (χ1n) is 6.10. The quantitative estimate of drug-likeness (QED) is 0.314. The number of thiazole rings is 1. The molecule has 0 atom stereocenters. The van der Waals surface area contributed by atoms with Crippen LogP contribution in [0.2, 0.25) is 0 Å².